The second kappa shape index (κ2) is 7.83. The molecule has 0 aliphatic carbocycles. The van der Waals surface area contributed by atoms with Crippen LogP contribution in [0.2, 0.25) is 0 Å². The predicted octanol–water partition coefficient (Wildman–Crippen LogP) is 4.23. The van der Waals surface area contributed by atoms with Gasteiger partial charge in [0.15, 0.2) is 0 Å². The van der Waals surface area contributed by atoms with Crippen LogP contribution in [0.15, 0.2) is 30.6 Å². The number of nitrogens with one attached hydrogen (secondary N) is 2. The van der Waals surface area contributed by atoms with Crippen molar-refractivity contribution in [2.75, 3.05) is 25.3 Å². The normalized spacial score (nSPS) is 14.1. The Morgan fingerprint density at radius 3 is 2.42 bits per heavy atom. The van der Waals surface area contributed by atoms with Crippen LogP contribution in [0.25, 0.3) is 22.2 Å². The van der Waals surface area contributed by atoms with Crippen LogP contribution in [-0.2, 0) is 10.7 Å². The third-order valence-electron chi connectivity index (χ3n) is 4.50. The summed E-state index contributed by atoms with van der Waals surface area (Å²) in [7, 11) is -2.79. The number of aliphatic hydroxyl groups excluding tert-OH is 1. The van der Waals surface area contributed by atoms with Crippen molar-refractivity contribution in [3.63, 3.8) is 0 Å². The van der Waals surface area contributed by atoms with Crippen molar-refractivity contribution in [2.24, 2.45) is 0 Å². The van der Waals surface area contributed by atoms with Gasteiger partial charge in [0.05, 0.1) is 17.8 Å². The Morgan fingerprint density at radius 1 is 1.19 bits per heavy atom. The lowest BCUT2D eigenvalue weighted by molar-refractivity contribution is -0.150. The van der Waals surface area contributed by atoms with Crippen LogP contribution in [0.3, 0.4) is 0 Å². The van der Waals surface area contributed by atoms with Crippen LogP contribution in [0.4, 0.5) is 32.3 Å². The molecule has 31 heavy (non-hydrogen) atoms. The van der Waals surface area contributed by atoms with Gasteiger partial charge in [-0.25, -0.2) is 9.97 Å². The SMILES string of the molecule is CP(C)(=O)c1cccc2c(-c3nc(NC(CO)C(F)(F)F)ncc3C(F)(F)F)c[nH]c12. The highest BCUT2D eigenvalue weighted by Crippen LogP contribution is 2.42. The fraction of sp³-hybridized carbons (Fsp3) is 0.333. The number of rotatable bonds is 5. The van der Waals surface area contributed by atoms with Crippen molar-refractivity contribution < 1.29 is 36.0 Å². The van der Waals surface area contributed by atoms with Crippen LogP contribution < -0.4 is 10.6 Å². The monoisotopic (exact) mass is 466 g/mol. The molecule has 2 aromatic heterocycles. The zero-order chi connectivity index (χ0) is 23.2. The van der Waals surface area contributed by atoms with Gasteiger partial charge in [0.25, 0.3) is 0 Å². The number of anilines is 1. The third-order valence-corrected chi connectivity index (χ3v) is 6.04. The molecule has 0 radical (unpaired) electrons. The number of hydrogen-bond acceptors (Lipinski definition) is 5. The summed E-state index contributed by atoms with van der Waals surface area (Å²) < 4.78 is 92.1. The number of aromatic amines is 1. The number of fused-ring (bicyclic) bond motifs is 1. The first-order valence-corrected chi connectivity index (χ1v) is 11.4. The molecule has 6 nitrogen and oxygen atoms in total. The molecule has 0 saturated heterocycles. The van der Waals surface area contributed by atoms with E-state index in [1.165, 1.54) is 31.7 Å². The van der Waals surface area contributed by atoms with Gasteiger partial charge in [-0.05, 0) is 19.4 Å². The van der Waals surface area contributed by atoms with Gasteiger partial charge < -0.3 is 20.0 Å². The molecule has 0 fully saturated rings. The van der Waals surface area contributed by atoms with Crippen molar-refractivity contribution in [1.82, 2.24) is 15.0 Å². The van der Waals surface area contributed by atoms with E-state index in [1.807, 2.05) is 5.32 Å². The fourth-order valence-electron chi connectivity index (χ4n) is 3.03. The number of aliphatic hydroxyl groups is 1. The molecule has 3 N–H and O–H groups in total. The first-order valence-electron chi connectivity index (χ1n) is 8.78. The molecule has 0 amide bonds. The molecule has 1 aromatic carbocycles. The maximum Gasteiger partial charge on any atom is 0.419 e. The molecule has 2 heterocycles. The first kappa shape index (κ1) is 23.1. The van der Waals surface area contributed by atoms with Crippen molar-refractivity contribution in [1.29, 1.82) is 0 Å². The molecule has 13 heteroatoms. The predicted molar refractivity (Wildman–Crippen MR) is 104 cm³/mol. The summed E-state index contributed by atoms with van der Waals surface area (Å²) in [6, 6.07) is 2.13. The summed E-state index contributed by atoms with van der Waals surface area (Å²) in [5.41, 5.74) is -1.62. The summed E-state index contributed by atoms with van der Waals surface area (Å²) in [6.07, 6.45) is -8.17. The minimum absolute atomic E-state index is 0.0457. The van der Waals surface area contributed by atoms with Crippen LogP contribution in [-0.4, -0.2) is 52.2 Å². The molecular formula is C18H17F6N4O2P. The number of nitrogens with zero attached hydrogens (tertiary/aromatic N) is 2. The lowest BCUT2D eigenvalue weighted by Crippen LogP contribution is -2.39. The van der Waals surface area contributed by atoms with E-state index in [0.717, 1.165) is 0 Å². The van der Waals surface area contributed by atoms with Crippen molar-refractivity contribution in [3.8, 4) is 11.3 Å². The van der Waals surface area contributed by atoms with Crippen LogP contribution in [0.5, 0.6) is 0 Å². The fourth-order valence-corrected chi connectivity index (χ4v) is 4.20. The standard InChI is InChI=1S/C18H17F6N4O2P/c1-31(2,30)12-5-3-4-9-10(6-25-15(9)12)14-11(17(19,20)21)7-26-16(28-14)27-13(8-29)18(22,23)24/h3-7,13,25,29H,8H2,1-2H3,(H,26,27,28). The Labute approximate surface area is 172 Å². The van der Waals surface area contributed by atoms with Gasteiger partial charge in [-0.15, -0.1) is 0 Å². The molecule has 0 aliphatic heterocycles. The third kappa shape index (κ3) is 4.69. The highest BCUT2D eigenvalue weighted by molar-refractivity contribution is 7.70. The number of H-pyrrole nitrogens is 1. The lowest BCUT2D eigenvalue weighted by atomic mass is 10.1. The van der Waals surface area contributed by atoms with E-state index >= 15 is 0 Å². The molecule has 3 rings (SSSR count). The lowest BCUT2D eigenvalue weighted by Gasteiger charge is -2.20. The van der Waals surface area contributed by atoms with Crippen LogP contribution in [0.1, 0.15) is 5.56 Å². The Kier molecular flexibility index (Phi) is 5.83. The van der Waals surface area contributed by atoms with E-state index in [-0.39, 0.29) is 10.9 Å². The van der Waals surface area contributed by atoms with Gasteiger partial charge in [0.1, 0.15) is 18.7 Å². The van der Waals surface area contributed by atoms with Gasteiger partial charge in [-0.3, -0.25) is 0 Å². The second-order valence-electron chi connectivity index (χ2n) is 7.13. The summed E-state index contributed by atoms with van der Waals surface area (Å²) in [5, 5.41) is 11.5. The number of aromatic nitrogens is 3. The topological polar surface area (TPSA) is 90.9 Å². The molecule has 0 spiro atoms. The molecule has 0 aliphatic rings. The molecule has 1 unspecified atom stereocenters. The molecule has 0 saturated carbocycles. The summed E-state index contributed by atoms with van der Waals surface area (Å²) in [6.45, 7) is 1.65. The summed E-state index contributed by atoms with van der Waals surface area (Å²) in [5.74, 6) is -0.735. The maximum absolute atomic E-state index is 13.6. The largest absolute Gasteiger partial charge is 0.419 e. The number of halogens is 6. The molecule has 3 aromatic rings. The van der Waals surface area contributed by atoms with Crippen molar-refractivity contribution in [3.05, 3.63) is 36.2 Å². The van der Waals surface area contributed by atoms with Gasteiger partial charge in [0.2, 0.25) is 5.95 Å². The molecule has 168 valence electrons. The zero-order valence-corrected chi connectivity index (χ0v) is 17.0. The van der Waals surface area contributed by atoms with Gasteiger partial charge >= 0.3 is 12.4 Å². The van der Waals surface area contributed by atoms with E-state index in [9.17, 15) is 30.9 Å². The summed E-state index contributed by atoms with van der Waals surface area (Å²) in [4.78, 5) is 9.82. The van der Waals surface area contributed by atoms with Gasteiger partial charge in [-0.2, -0.15) is 26.3 Å². The quantitative estimate of drug-likeness (QED) is 0.387. The van der Waals surface area contributed by atoms with Crippen molar-refractivity contribution >= 4 is 29.3 Å². The number of benzene rings is 1. The van der Waals surface area contributed by atoms with E-state index in [4.69, 9.17) is 5.11 Å². The van der Waals surface area contributed by atoms with Crippen molar-refractivity contribution in [2.45, 2.75) is 18.4 Å². The molecular weight excluding hydrogens is 449 g/mol. The Morgan fingerprint density at radius 2 is 1.87 bits per heavy atom. The van der Waals surface area contributed by atoms with E-state index in [0.29, 0.717) is 17.0 Å². The average molecular weight is 466 g/mol. The van der Waals surface area contributed by atoms with E-state index < -0.39 is 49.3 Å². The minimum Gasteiger partial charge on any atom is -0.394 e. The number of hydrogen-bond donors (Lipinski definition) is 3. The Bertz CT molecular complexity index is 1150. The van der Waals surface area contributed by atoms with E-state index in [1.54, 1.807) is 6.07 Å². The first-order chi connectivity index (χ1) is 14.2. The van der Waals surface area contributed by atoms with Gasteiger partial charge in [-0.1, -0.05) is 12.1 Å². The molecule has 1 atom stereocenters. The summed E-state index contributed by atoms with van der Waals surface area (Å²) >= 11 is 0. The number of para-hydroxylation sites is 1. The second-order valence-corrected chi connectivity index (χ2v) is 10.3. The Balaban J connectivity index is 2.21. The highest BCUT2D eigenvalue weighted by atomic mass is 31.2. The van der Waals surface area contributed by atoms with Gasteiger partial charge in [0, 0.05) is 28.6 Å². The molecule has 0 bridgehead atoms. The Hall–Kier alpha value is -2.59. The number of alkyl halides is 6. The highest BCUT2D eigenvalue weighted by Gasteiger charge is 2.41. The van der Waals surface area contributed by atoms with Crippen LogP contribution in [0, 0.1) is 0 Å². The minimum atomic E-state index is -4.89. The van der Waals surface area contributed by atoms with Crippen LogP contribution >= 0.6 is 7.14 Å². The average Bonchev–Trinajstić information content (AvgIpc) is 3.07. The zero-order valence-electron chi connectivity index (χ0n) is 16.1. The smallest absolute Gasteiger partial charge is 0.394 e. The maximum atomic E-state index is 13.6. The van der Waals surface area contributed by atoms with E-state index in [2.05, 4.69) is 15.0 Å².